The quantitative estimate of drug-likeness (QED) is 0.609. The number of sulfonamides is 1. The second kappa shape index (κ2) is 6.94. The molecule has 18 heavy (non-hydrogen) atoms. The Labute approximate surface area is 112 Å². The summed E-state index contributed by atoms with van der Waals surface area (Å²) in [7, 11) is -0.517. The molecular weight excluding hydrogens is 278 g/mol. The van der Waals surface area contributed by atoms with Gasteiger partial charge in [0.25, 0.3) is 0 Å². The van der Waals surface area contributed by atoms with Crippen LogP contribution < -0.4 is 9.46 Å². The van der Waals surface area contributed by atoms with Crippen molar-refractivity contribution in [1.82, 2.24) is 4.72 Å². The molecule has 1 aromatic carbocycles. The van der Waals surface area contributed by atoms with E-state index in [-0.39, 0.29) is 17.3 Å². The zero-order valence-electron chi connectivity index (χ0n) is 10.3. The van der Waals surface area contributed by atoms with Crippen LogP contribution in [0.3, 0.4) is 0 Å². The third-order valence-corrected chi connectivity index (χ3v) is 4.05. The molecule has 0 amide bonds. The normalized spacial score (nSPS) is 11.5. The molecule has 1 rings (SSSR count). The standard InChI is InChI=1S/C11H16ClNO4S/c1-16-6-5-13-18(14,15)10-3-4-11(17-2)9(7-10)8-12/h3-4,7,13H,5-6,8H2,1-2H3. The van der Waals surface area contributed by atoms with Gasteiger partial charge in [-0.15, -0.1) is 11.6 Å². The molecule has 0 aliphatic heterocycles. The first-order valence-electron chi connectivity index (χ1n) is 5.26. The molecule has 5 nitrogen and oxygen atoms in total. The predicted molar refractivity (Wildman–Crippen MR) is 69.6 cm³/mol. The third-order valence-electron chi connectivity index (χ3n) is 2.30. The molecule has 1 aromatic rings. The summed E-state index contributed by atoms with van der Waals surface area (Å²) in [6, 6.07) is 4.56. The number of hydrogen-bond donors (Lipinski definition) is 1. The Morgan fingerprint density at radius 2 is 2.06 bits per heavy atom. The molecule has 0 spiro atoms. The first-order chi connectivity index (χ1) is 8.55. The van der Waals surface area contributed by atoms with E-state index in [4.69, 9.17) is 21.1 Å². The smallest absolute Gasteiger partial charge is 0.240 e. The molecule has 0 atom stereocenters. The van der Waals surface area contributed by atoms with Gasteiger partial charge in [0.2, 0.25) is 10.0 Å². The van der Waals surface area contributed by atoms with Crippen molar-refractivity contribution in [3.05, 3.63) is 23.8 Å². The summed E-state index contributed by atoms with van der Waals surface area (Å²) in [4.78, 5) is 0.162. The van der Waals surface area contributed by atoms with Crippen molar-refractivity contribution in [3.8, 4) is 5.75 Å². The van der Waals surface area contributed by atoms with Crippen molar-refractivity contribution in [2.24, 2.45) is 0 Å². The first-order valence-corrected chi connectivity index (χ1v) is 7.28. The van der Waals surface area contributed by atoms with Crippen LogP contribution in [0.15, 0.2) is 23.1 Å². The van der Waals surface area contributed by atoms with Gasteiger partial charge in [-0.2, -0.15) is 0 Å². The van der Waals surface area contributed by atoms with Crippen LogP contribution in [0.25, 0.3) is 0 Å². The van der Waals surface area contributed by atoms with Crippen molar-refractivity contribution < 1.29 is 17.9 Å². The van der Waals surface area contributed by atoms with E-state index in [9.17, 15) is 8.42 Å². The van der Waals surface area contributed by atoms with Crippen LogP contribution in [0, 0.1) is 0 Å². The zero-order valence-corrected chi connectivity index (χ0v) is 11.8. The number of methoxy groups -OCH3 is 2. The van der Waals surface area contributed by atoms with Gasteiger partial charge < -0.3 is 9.47 Å². The van der Waals surface area contributed by atoms with E-state index in [2.05, 4.69) is 4.72 Å². The van der Waals surface area contributed by atoms with Crippen molar-refractivity contribution in [2.45, 2.75) is 10.8 Å². The lowest BCUT2D eigenvalue weighted by Gasteiger charge is -2.10. The number of ether oxygens (including phenoxy) is 2. The monoisotopic (exact) mass is 293 g/mol. The molecule has 0 unspecified atom stereocenters. The van der Waals surface area contributed by atoms with Crippen LogP contribution in [-0.4, -0.2) is 35.8 Å². The van der Waals surface area contributed by atoms with Crippen molar-refractivity contribution in [3.63, 3.8) is 0 Å². The highest BCUT2D eigenvalue weighted by Gasteiger charge is 2.15. The lowest BCUT2D eigenvalue weighted by atomic mass is 10.2. The average Bonchev–Trinajstić information content (AvgIpc) is 2.38. The molecule has 0 aromatic heterocycles. The van der Waals surface area contributed by atoms with E-state index >= 15 is 0 Å². The largest absolute Gasteiger partial charge is 0.496 e. The third kappa shape index (κ3) is 3.84. The second-order valence-electron chi connectivity index (χ2n) is 3.50. The second-order valence-corrected chi connectivity index (χ2v) is 5.53. The molecule has 0 radical (unpaired) electrons. The van der Waals surface area contributed by atoms with E-state index in [0.717, 1.165) is 0 Å². The van der Waals surface area contributed by atoms with Gasteiger partial charge in [0, 0.05) is 19.2 Å². The summed E-state index contributed by atoms with van der Waals surface area (Å²) in [5.41, 5.74) is 0.633. The summed E-state index contributed by atoms with van der Waals surface area (Å²) >= 11 is 5.74. The maximum Gasteiger partial charge on any atom is 0.240 e. The number of rotatable bonds is 7. The molecular formula is C11H16ClNO4S. The fourth-order valence-electron chi connectivity index (χ4n) is 1.39. The van der Waals surface area contributed by atoms with Gasteiger partial charge in [-0.1, -0.05) is 0 Å². The summed E-state index contributed by atoms with van der Waals surface area (Å²) in [6.45, 7) is 0.540. The molecule has 0 fully saturated rings. The van der Waals surface area contributed by atoms with Crippen LogP contribution in [0.5, 0.6) is 5.75 Å². The van der Waals surface area contributed by atoms with Gasteiger partial charge in [0.15, 0.2) is 0 Å². The van der Waals surface area contributed by atoms with E-state index < -0.39 is 10.0 Å². The summed E-state index contributed by atoms with van der Waals surface area (Å²) in [5.74, 6) is 0.755. The molecule has 1 N–H and O–H groups in total. The van der Waals surface area contributed by atoms with Gasteiger partial charge in [0.05, 0.1) is 24.5 Å². The molecule has 7 heteroatoms. The minimum absolute atomic E-state index is 0.162. The van der Waals surface area contributed by atoms with Gasteiger partial charge in [-0.25, -0.2) is 13.1 Å². The van der Waals surface area contributed by atoms with Crippen molar-refractivity contribution in [2.75, 3.05) is 27.4 Å². The average molecular weight is 294 g/mol. The molecule has 102 valence electrons. The van der Waals surface area contributed by atoms with E-state index in [0.29, 0.717) is 17.9 Å². The van der Waals surface area contributed by atoms with Crippen LogP contribution >= 0.6 is 11.6 Å². The van der Waals surface area contributed by atoms with E-state index in [1.54, 1.807) is 6.07 Å². The number of alkyl halides is 1. The summed E-state index contributed by atoms with van der Waals surface area (Å²) in [6.07, 6.45) is 0. The first kappa shape index (κ1) is 15.2. The molecule has 0 saturated carbocycles. The van der Waals surface area contributed by atoms with Crippen LogP contribution in [0.2, 0.25) is 0 Å². The minimum atomic E-state index is -3.53. The number of hydrogen-bond acceptors (Lipinski definition) is 4. The molecule has 0 heterocycles. The lowest BCUT2D eigenvalue weighted by molar-refractivity contribution is 0.204. The summed E-state index contributed by atoms with van der Waals surface area (Å²) < 4.78 is 36.1. The highest BCUT2D eigenvalue weighted by Crippen LogP contribution is 2.23. The Balaban J connectivity index is 2.95. The Morgan fingerprint density at radius 3 is 2.61 bits per heavy atom. The fourth-order valence-corrected chi connectivity index (χ4v) is 2.66. The fraction of sp³-hybridized carbons (Fsp3) is 0.455. The van der Waals surface area contributed by atoms with Gasteiger partial charge in [0.1, 0.15) is 5.75 Å². The Kier molecular flexibility index (Phi) is 5.87. The SMILES string of the molecule is COCCNS(=O)(=O)c1ccc(OC)c(CCl)c1. The van der Waals surface area contributed by atoms with E-state index in [1.807, 2.05) is 0 Å². The maximum absolute atomic E-state index is 11.9. The minimum Gasteiger partial charge on any atom is -0.496 e. The Morgan fingerprint density at radius 1 is 1.33 bits per heavy atom. The van der Waals surface area contributed by atoms with Crippen molar-refractivity contribution in [1.29, 1.82) is 0 Å². The maximum atomic E-state index is 11.9. The molecule has 0 bridgehead atoms. The number of benzene rings is 1. The molecule has 0 saturated heterocycles. The van der Waals surface area contributed by atoms with Crippen LogP contribution in [0.4, 0.5) is 0 Å². The topological polar surface area (TPSA) is 64.6 Å². The number of nitrogens with one attached hydrogen (secondary N) is 1. The Bertz CT molecular complexity index is 490. The van der Waals surface area contributed by atoms with Gasteiger partial charge >= 0.3 is 0 Å². The zero-order chi connectivity index (χ0) is 13.6. The molecule has 0 aliphatic carbocycles. The van der Waals surface area contributed by atoms with Gasteiger partial charge in [-0.05, 0) is 18.2 Å². The molecule has 0 aliphatic rings. The van der Waals surface area contributed by atoms with E-state index in [1.165, 1.54) is 26.4 Å². The predicted octanol–water partition coefficient (Wildman–Crippen LogP) is 1.36. The van der Waals surface area contributed by atoms with Crippen LogP contribution in [0.1, 0.15) is 5.56 Å². The van der Waals surface area contributed by atoms with Crippen LogP contribution in [-0.2, 0) is 20.6 Å². The van der Waals surface area contributed by atoms with Crippen molar-refractivity contribution >= 4 is 21.6 Å². The highest BCUT2D eigenvalue weighted by molar-refractivity contribution is 7.89. The summed E-state index contributed by atoms with van der Waals surface area (Å²) in [5, 5.41) is 0. The Hall–Kier alpha value is -0.820. The number of halogens is 1. The lowest BCUT2D eigenvalue weighted by Crippen LogP contribution is -2.27. The highest BCUT2D eigenvalue weighted by atomic mass is 35.5. The van der Waals surface area contributed by atoms with Gasteiger partial charge in [-0.3, -0.25) is 0 Å².